The lowest BCUT2D eigenvalue weighted by molar-refractivity contribution is 0.666. The van der Waals surface area contributed by atoms with Crippen LogP contribution in [-0.4, -0.2) is 0 Å². The van der Waals surface area contributed by atoms with Gasteiger partial charge >= 0.3 is 0 Å². The monoisotopic (exact) mass is 660 g/mol. The van der Waals surface area contributed by atoms with Crippen LogP contribution in [-0.2, 0) is 5.41 Å². The van der Waals surface area contributed by atoms with Crippen molar-refractivity contribution in [1.29, 1.82) is 0 Å². The lowest BCUT2D eigenvalue weighted by Gasteiger charge is -2.23. The van der Waals surface area contributed by atoms with E-state index in [-0.39, 0.29) is 5.41 Å². The van der Waals surface area contributed by atoms with Crippen LogP contribution in [0.15, 0.2) is 162 Å². The Kier molecular flexibility index (Phi) is 5.37. The van der Waals surface area contributed by atoms with Gasteiger partial charge in [0.15, 0.2) is 0 Å². The third-order valence-electron chi connectivity index (χ3n) is 12.2. The number of furan rings is 1. The zero-order chi connectivity index (χ0) is 34.3. The van der Waals surface area contributed by atoms with E-state index in [1.807, 2.05) is 0 Å². The van der Waals surface area contributed by atoms with Gasteiger partial charge in [-0.25, -0.2) is 0 Å². The second-order valence-corrected chi connectivity index (χ2v) is 15.2. The lowest BCUT2D eigenvalue weighted by atomic mass is 9.80. The molecule has 0 bridgehead atoms. The van der Waals surface area contributed by atoms with Crippen molar-refractivity contribution in [1.82, 2.24) is 0 Å². The molecule has 0 fully saturated rings. The van der Waals surface area contributed by atoms with Crippen molar-refractivity contribution in [2.45, 2.75) is 19.3 Å². The summed E-state index contributed by atoms with van der Waals surface area (Å²) < 4.78 is 7.10. The molecule has 0 atom stereocenters. The van der Waals surface area contributed by atoms with Crippen LogP contribution >= 0.6 is 0 Å². The average molecular weight is 661 g/mol. The van der Waals surface area contributed by atoms with Gasteiger partial charge < -0.3 is 4.42 Å². The Morgan fingerprint density at radius 1 is 0.385 bits per heavy atom. The standard InChI is InChI=1S/C51H32O/c1-51(2)43-16-8-15-37(47(43)41-24-19-29-9-5-6-14-35(29)49(41)51)40-26-25-39(48-42-27-33-10-3-4-11-34(33)28-44(42)52-50(40)48)36-22-20-32-18-17-30-12-7-13-31-21-23-38(36)46(32)45(30)31/h3-28H,1-2H3. The summed E-state index contributed by atoms with van der Waals surface area (Å²) >= 11 is 0. The minimum atomic E-state index is -0.145. The topological polar surface area (TPSA) is 13.1 Å². The largest absolute Gasteiger partial charge is 0.455 e. The summed E-state index contributed by atoms with van der Waals surface area (Å²) in [7, 11) is 0. The Balaban J connectivity index is 1.20. The van der Waals surface area contributed by atoms with Gasteiger partial charge in [-0.05, 0) is 111 Å². The third-order valence-corrected chi connectivity index (χ3v) is 12.2. The Morgan fingerprint density at radius 2 is 1.00 bits per heavy atom. The second kappa shape index (κ2) is 9.87. The van der Waals surface area contributed by atoms with Crippen LogP contribution in [0.3, 0.4) is 0 Å². The SMILES string of the molecule is CC1(C)c2cccc(-c3ccc(-c4ccc5ccc6cccc7ccc4c5c67)c4c3oc3cc5ccccc5cc34)c2-c2ccc3ccccc3c21. The van der Waals surface area contributed by atoms with Gasteiger partial charge in [-0.3, -0.25) is 0 Å². The van der Waals surface area contributed by atoms with Crippen molar-refractivity contribution in [2.24, 2.45) is 0 Å². The van der Waals surface area contributed by atoms with E-state index in [1.165, 1.54) is 98.2 Å². The summed E-state index contributed by atoms with van der Waals surface area (Å²) in [5, 5.41) is 15.1. The molecule has 52 heavy (non-hydrogen) atoms. The summed E-state index contributed by atoms with van der Waals surface area (Å²) in [5.74, 6) is 0. The number of fused-ring (bicyclic) bond motifs is 9. The molecular weight excluding hydrogens is 629 g/mol. The zero-order valence-electron chi connectivity index (χ0n) is 28.9. The van der Waals surface area contributed by atoms with Gasteiger partial charge in [0.05, 0.1) is 0 Å². The van der Waals surface area contributed by atoms with Crippen molar-refractivity contribution < 1.29 is 4.42 Å². The minimum Gasteiger partial charge on any atom is -0.455 e. The van der Waals surface area contributed by atoms with Crippen LogP contribution in [0, 0.1) is 0 Å². The highest BCUT2D eigenvalue weighted by Crippen LogP contribution is 2.56. The summed E-state index contributed by atoms with van der Waals surface area (Å²) in [6.45, 7) is 4.76. The Labute approximate surface area is 300 Å². The molecule has 1 heteroatoms. The molecule has 0 aliphatic heterocycles. The molecular formula is C51H32O. The van der Waals surface area contributed by atoms with Gasteiger partial charge in [-0.1, -0.05) is 153 Å². The van der Waals surface area contributed by atoms with E-state index in [9.17, 15) is 0 Å². The van der Waals surface area contributed by atoms with Gasteiger partial charge in [-0.15, -0.1) is 0 Å². The Morgan fingerprint density at radius 3 is 1.85 bits per heavy atom. The summed E-state index contributed by atoms with van der Waals surface area (Å²) in [6, 6.07) is 58.6. The molecule has 0 N–H and O–H groups in total. The van der Waals surface area contributed by atoms with E-state index >= 15 is 0 Å². The fraction of sp³-hybridized carbons (Fsp3) is 0.0588. The molecule has 242 valence electrons. The Bertz CT molecular complexity index is 3300. The van der Waals surface area contributed by atoms with E-state index < -0.39 is 0 Å². The number of benzene rings is 10. The highest BCUT2D eigenvalue weighted by Gasteiger charge is 2.38. The van der Waals surface area contributed by atoms with Gasteiger partial charge in [-0.2, -0.15) is 0 Å². The molecule has 10 aromatic carbocycles. The molecule has 12 rings (SSSR count). The van der Waals surface area contributed by atoms with E-state index in [1.54, 1.807) is 0 Å². The predicted octanol–water partition coefficient (Wildman–Crippen LogP) is 14.4. The van der Waals surface area contributed by atoms with Crippen LogP contribution in [0.2, 0.25) is 0 Å². The van der Waals surface area contributed by atoms with Crippen molar-refractivity contribution in [3.63, 3.8) is 0 Å². The first kappa shape index (κ1) is 28.3. The van der Waals surface area contributed by atoms with E-state index in [0.717, 1.165) is 22.1 Å². The molecule has 1 aliphatic carbocycles. The fourth-order valence-corrected chi connectivity index (χ4v) is 9.85. The minimum absolute atomic E-state index is 0.145. The van der Waals surface area contributed by atoms with Crippen molar-refractivity contribution in [2.75, 3.05) is 0 Å². The van der Waals surface area contributed by atoms with Crippen LogP contribution < -0.4 is 0 Å². The van der Waals surface area contributed by atoms with Gasteiger partial charge in [0, 0.05) is 21.8 Å². The predicted molar refractivity (Wildman–Crippen MR) is 221 cm³/mol. The number of rotatable bonds is 2. The quantitative estimate of drug-likeness (QED) is 0.168. The first-order valence-corrected chi connectivity index (χ1v) is 18.3. The number of hydrogen-bond acceptors (Lipinski definition) is 1. The van der Waals surface area contributed by atoms with Crippen LogP contribution in [0.1, 0.15) is 25.0 Å². The van der Waals surface area contributed by atoms with Crippen LogP contribution in [0.4, 0.5) is 0 Å². The molecule has 1 heterocycles. The smallest absolute Gasteiger partial charge is 0.143 e. The molecule has 0 amide bonds. The Hall–Kier alpha value is -6.44. The third kappa shape index (κ3) is 3.58. The molecule has 1 aliphatic rings. The summed E-state index contributed by atoms with van der Waals surface area (Å²) in [6.07, 6.45) is 0. The molecule has 11 aromatic rings. The van der Waals surface area contributed by atoms with Crippen molar-refractivity contribution in [3.8, 4) is 33.4 Å². The van der Waals surface area contributed by atoms with Crippen LogP contribution in [0.5, 0.6) is 0 Å². The zero-order valence-corrected chi connectivity index (χ0v) is 28.9. The van der Waals surface area contributed by atoms with E-state index in [2.05, 4.69) is 172 Å². The molecule has 1 aromatic heterocycles. The molecule has 1 nitrogen and oxygen atoms in total. The maximum absolute atomic E-state index is 7.10. The van der Waals surface area contributed by atoms with Gasteiger partial charge in [0.2, 0.25) is 0 Å². The highest BCUT2D eigenvalue weighted by atomic mass is 16.3. The van der Waals surface area contributed by atoms with Gasteiger partial charge in [0.25, 0.3) is 0 Å². The first-order chi connectivity index (χ1) is 25.5. The lowest BCUT2D eigenvalue weighted by Crippen LogP contribution is -2.15. The van der Waals surface area contributed by atoms with Gasteiger partial charge in [0.1, 0.15) is 11.2 Å². The molecule has 0 spiro atoms. The van der Waals surface area contributed by atoms with E-state index in [4.69, 9.17) is 4.42 Å². The summed E-state index contributed by atoms with van der Waals surface area (Å²) in [4.78, 5) is 0. The number of hydrogen-bond donors (Lipinski definition) is 0. The summed E-state index contributed by atoms with van der Waals surface area (Å²) in [5.41, 5.74) is 11.9. The maximum Gasteiger partial charge on any atom is 0.143 e. The average Bonchev–Trinajstić information content (AvgIpc) is 3.67. The highest BCUT2D eigenvalue weighted by molar-refractivity contribution is 6.28. The van der Waals surface area contributed by atoms with E-state index in [0.29, 0.717) is 0 Å². The molecule has 0 saturated heterocycles. The second-order valence-electron chi connectivity index (χ2n) is 15.2. The maximum atomic E-state index is 7.10. The molecule has 0 unspecified atom stereocenters. The molecule has 0 saturated carbocycles. The normalized spacial score (nSPS) is 13.7. The molecule has 0 radical (unpaired) electrons. The van der Waals surface area contributed by atoms with Crippen molar-refractivity contribution >= 4 is 75.8 Å². The van der Waals surface area contributed by atoms with Crippen molar-refractivity contribution in [3.05, 3.63) is 169 Å². The first-order valence-electron chi connectivity index (χ1n) is 18.3. The van der Waals surface area contributed by atoms with Crippen LogP contribution in [0.25, 0.3) is 109 Å². The fourth-order valence-electron chi connectivity index (χ4n) is 9.85.